The molecule has 122 valence electrons. The predicted octanol–water partition coefficient (Wildman–Crippen LogP) is 5.69. The third-order valence-electron chi connectivity index (χ3n) is 4.25. The van der Waals surface area contributed by atoms with Crippen molar-refractivity contribution >= 4 is 0 Å². The molecule has 0 aliphatic rings. The monoisotopic (exact) mass is 326 g/mol. The van der Waals surface area contributed by atoms with Gasteiger partial charge in [0.25, 0.3) is 0 Å². The Morgan fingerprint density at radius 1 is 0.720 bits per heavy atom. The minimum atomic E-state index is 0.791. The molecule has 0 saturated carbocycles. The molecule has 25 heavy (non-hydrogen) atoms. The van der Waals surface area contributed by atoms with Crippen molar-refractivity contribution in [3.05, 3.63) is 84.1 Å². The van der Waals surface area contributed by atoms with Crippen LogP contribution in [0.15, 0.2) is 77.4 Å². The van der Waals surface area contributed by atoms with Gasteiger partial charge in [-0.2, -0.15) is 0 Å². The smallest absolute Gasteiger partial charge is 0.136 e. The minimum absolute atomic E-state index is 0.791. The molecule has 0 saturated heterocycles. The van der Waals surface area contributed by atoms with Crippen LogP contribution in [0.2, 0.25) is 0 Å². The van der Waals surface area contributed by atoms with Gasteiger partial charge in [0, 0.05) is 16.7 Å². The highest BCUT2D eigenvalue weighted by Gasteiger charge is 2.14. The minimum Gasteiger partial charge on any atom is -0.464 e. The maximum Gasteiger partial charge on any atom is 0.136 e. The Balaban J connectivity index is 1.87. The average molecular weight is 326 g/mol. The lowest BCUT2D eigenvalue weighted by Gasteiger charge is -2.09. The Labute approximate surface area is 147 Å². The van der Waals surface area contributed by atoms with Gasteiger partial charge in [-0.1, -0.05) is 59.7 Å². The van der Waals surface area contributed by atoms with Gasteiger partial charge in [0.05, 0.1) is 12.0 Å². The van der Waals surface area contributed by atoms with E-state index >= 15 is 0 Å². The second-order valence-corrected chi connectivity index (χ2v) is 6.20. The number of aromatic nitrogens is 2. The number of furan rings is 1. The van der Waals surface area contributed by atoms with Crippen LogP contribution in [-0.2, 0) is 0 Å². The molecule has 4 rings (SSSR count). The van der Waals surface area contributed by atoms with Gasteiger partial charge < -0.3 is 4.42 Å². The number of nitrogens with zero attached hydrogens (tertiary/aromatic N) is 2. The van der Waals surface area contributed by atoms with Gasteiger partial charge >= 0.3 is 0 Å². The van der Waals surface area contributed by atoms with E-state index in [1.54, 1.807) is 6.26 Å². The van der Waals surface area contributed by atoms with Crippen molar-refractivity contribution in [2.24, 2.45) is 0 Å². The highest BCUT2D eigenvalue weighted by Crippen LogP contribution is 2.33. The molecule has 3 nitrogen and oxygen atoms in total. The fraction of sp³-hybridized carbons (Fsp3) is 0.0909. The molecule has 0 N–H and O–H groups in total. The van der Waals surface area contributed by atoms with Gasteiger partial charge in [-0.15, -0.1) is 10.2 Å². The number of hydrogen-bond donors (Lipinski definition) is 0. The van der Waals surface area contributed by atoms with Crippen LogP contribution in [0.5, 0.6) is 0 Å². The highest BCUT2D eigenvalue weighted by atomic mass is 16.3. The van der Waals surface area contributed by atoms with Crippen LogP contribution >= 0.6 is 0 Å². The topological polar surface area (TPSA) is 38.9 Å². The molecule has 2 heterocycles. The van der Waals surface area contributed by atoms with E-state index in [-0.39, 0.29) is 0 Å². The summed E-state index contributed by atoms with van der Waals surface area (Å²) in [5.41, 5.74) is 7.11. The normalized spacial score (nSPS) is 10.8. The third kappa shape index (κ3) is 3.09. The van der Waals surface area contributed by atoms with Crippen molar-refractivity contribution in [1.82, 2.24) is 10.2 Å². The summed E-state index contributed by atoms with van der Waals surface area (Å²) in [5, 5.41) is 8.98. The molecule has 0 atom stereocenters. The summed E-state index contributed by atoms with van der Waals surface area (Å²) in [4.78, 5) is 0. The molecule has 0 aliphatic carbocycles. The number of hydrogen-bond acceptors (Lipinski definition) is 3. The van der Waals surface area contributed by atoms with Crippen molar-refractivity contribution in [3.63, 3.8) is 0 Å². The maximum absolute atomic E-state index is 5.65. The Hall–Kier alpha value is -3.20. The molecule has 2 aromatic heterocycles. The Kier molecular flexibility index (Phi) is 3.90. The van der Waals surface area contributed by atoms with E-state index in [9.17, 15) is 0 Å². The molecule has 3 heteroatoms. The molecule has 4 aromatic rings. The van der Waals surface area contributed by atoms with Gasteiger partial charge in [-0.3, -0.25) is 0 Å². The molecule has 0 spiro atoms. The quantitative estimate of drug-likeness (QED) is 0.485. The van der Waals surface area contributed by atoms with E-state index < -0.39 is 0 Å². The van der Waals surface area contributed by atoms with Crippen LogP contribution in [0, 0.1) is 13.8 Å². The summed E-state index contributed by atoms with van der Waals surface area (Å²) in [6, 6.07) is 22.5. The average Bonchev–Trinajstić information content (AvgIpc) is 3.17. The Bertz CT molecular complexity index is 985. The molecular weight excluding hydrogens is 308 g/mol. The lowest BCUT2D eigenvalue weighted by atomic mass is 10.0. The van der Waals surface area contributed by atoms with Gasteiger partial charge in [0.1, 0.15) is 11.5 Å². The summed E-state index contributed by atoms with van der Waals surface area (Å²) in [6.07, 6.45) is 1.68. The van der Waals surface area contributed by atoms with Gasteiger partial charge in [0.2, 0.25) is 0 Å². The van der Waals surface area contributed by atoms with Crippen LogP contribution in [0.25, 0.3) is 33.8 Å². The summed E-state index contributed by atoms with van der Waals surface area (Å²) in [5.74, 6) is 0.791. The lowest BCUT2D eigenvalue weighted by molar-refractivity contribution is 0.582. The first-order chi connectivity index (χ1) is 12.2. The third-order valence-corrected chi connectivity index (χ3v) is 4.25. The van der Waals surface area contributed by atoms with Crippen molar-refractivity contribution in [2.45, 2.75) is 13.8 Å². The van der Waals surface area contributed by atoms with E-state index in [0.29, 0.717) is 0 Å². The van der Waals surface area contributed by atoms with Crippen LogP contribution in [-0.4, -0.2) is 10.2 Å². The fourth-order valence-electron chi connectivity index (χ4n) is 2.80. The lowest BCUT2D eigenvalue weighted by Crippen LogP contribution is -1.95. The van der Waals surface area contributed by atoms with Gasteiger partial charge in [0.15, 0.2) is 0 Å². The molecule has 2 aromatic carbocycles. The van der Waals surface area contributed by atoms with Crippen LogP contribution in [0.4, 0.5) is 0 Å². The maximum atomic E-state index is 5.65. The molecule has 0 aliphatic heterocycles. The van der Waals surface area contributed by atoms with E-state index in [0.717, 1.165) is 33.8 Å². The predicted molar refractivity (Wildman–Crippen MR) is 100 cm³/mol. The number of aryl methyl sites for hydroxylation is 2. The fourth-order valence-corrected chi connectivity index (χ4v) is 2.80. The zero-order valence-electron chi connectivity index (χ0n) is 14.2. The molecular formula is C22H18N2O. The van der Waals surface area contributed by atoms with Crippen LogP contribution < -0.4 is 0 Å². The second kappa shape index (κ2) is 6.36. The molecule has 0 bridgehead atoms. The SMILES string of the molecule is Cc1ccc(-c2cc(-c3ccco3)c(-c3ccc(C)cc3)nn2)cc1. The summed E-state index contributed by atoms with van der Waals surface area (Å²) in [7, 11) is 0. The standard InChI is InChI=1S/C22H18N2O/c1-15-5-9-17(10-6-15)20-14-19(21-4-3-13-25-21)22(24-23-20)18-11-7-16(2)8-12-18/h3-14H,1-2H3. The zero-order valence-corrected chi connectivity index (χ0v) is 14.2. The number of benzene rings is 2. The van der Waals surface area contributed by atoms with Crippen molar-refractivity contribution in [2.75, 3.05) is 0 Å². The molecule has 0 radical (unpaired) electrons. The first kappa shape index (κ1) is 15.3. The van der Waals surface area contributed by atoms with Crippen LogP contribution in [0.3, 0.4) is 0 Å². The van der Waals surface area contributed by atoms with Crippen molar-refractivity contribution < 1.29 is 4.42 Å². The zero-order chi connectivity index (χ0) is 17.2. The van der Waals surface area contributed by atoms with E-state index in [4.69, 9.17) is 4.42 Å². The van der Waals surface area contributed by atoms with Gasteiger partial charge in [-0.25, -0.2) is 0 Å². The second-order valence-electron chi connectivity index (χ2n) is 6.20. The van der Waals surface area contributed by atoms with E-state index in [2.05, 4.69) is 72.6 Å². The van der Waals surface area contributed by atoms with E-state index in [1.165, 1.54) is 11.1 Å². The summed E-state index contributed by atoms with van der Waals surface area (Å²) in [6.45, 7) is 4.15. The molecule has 0 amide bonds. The largest absolute Gasteiger partial charge is 0.464 e. The summed E-state index contributed by atoms with van der Waals surface area (Å²) < 4.78 is 5.65. The molecule has 0 unspecified atom stereocenters. The van der Waals surface area contributed by atoms with E-state index in [1.807, 2.05) is 18.2 Å². The molecule has 0 fully saturated rings. The van der Waals surface area contributed by atoms with Gasteiger partial charge in [-0.05, 0) is 32.0 Å². The highest BCUT2D eigenvalue weighted by molar-refractivity contribution is 5.80. The van der Waals surface area contributed by atoms with Crippen molar-refractivity contribution in [3.8, 4) is 33.8 Å². The first-order valence-electron chi connectivity index (χ1n) is 8.26. The summed E-state index contributed by atoms with van der Waals surface area (Å²) >= 11 is 0. The Morgan fingerprint density at radius 2 is 1.36 bits per heavy atom. The van der Waals surface area contributed by atoms with Crippen LogP contribution in [0.1, 0.15) is 11.1 Å². The first-order valence-corrected chi connectivity index (χ1v) is 8.26. The number of rotatable bonds is 3. The van der Waals surface area contributed by atoms with Crippen molar-refractivity contribution in [1.29, 1.82) is 0 Å². The Morgan fingerprint density at radius 3 is 1.96 bits per heavy atom.